The van der Waals surface area contributed by atoms with Crippen molar-refractivity contribution in [3.63, 3.8) is 0 Å². The van der Waals surface area contributed by atoms with Crippen LogP contribution in [-0.4, -0.2) is 59.0 Å². The molecule has 2 amide bonds. The van der Waals surface area contributed by atoms with E-state index in [9.17, 15) is 9.59 Å². The number of para-hydroxylation sites is 2. The molecule has 0 bridgehead atoms. The van der Waals surface area contributed by atoms with Crippen molar-refractivity contribution in [1.82, 2.24) is 9.47 Å². The highest BCUT2D eigenvalue weighted by Crippen LogP contribution is 2.17. The third kappa shape index (κ3) is 5.19. The number of hydrogen-bond acceptors (Lipinski definition) is 5. The van der Waals surface area contributed by atoms with Gasteiger partial charge in [-0.25, -0.2) is 0 Å². The number of aryl methyl sites for hydroxylation is 1. The highest BCUT2D eigenvalue weighted by atomic mass is 32.2. The number of benzene rings is 2. The standard InChI is InChI=1S/C23H26N4O2S2/c1-2-27-19-10-6-7-11-20(19)31-23(27)24-21(28)16-30-17-22(29)26-14-12-25(13-15-26)18-8-4-3-5-9-18/h3-11H,2,12-17H2,1H3. The van der Waals surface area contributed by atoms with Gasteiger partial charge in [-0.15, -0.1) is 11.8 Å². The molecule has 2 heterocycles. The van der Waals surface area contributed by atoms with Crippen LogP contribution in [0.15, 0.2) is 59.6 Å². The summed E-state index contributed by atoms with van der Waals surface area (Å²) in [7, 11) is 0. The van der Waals surface area contributed by atoms with Crippen molar-refractivity contribution in [2.45, 2.75) is 13.5 Å². The fourth-order valence-corrected chi connectivity index (χ4v) is 5.53. The number of thiazole rings is 1. The number of amides is 2. The largest absolute Gasteiger partial charge is 0.368 e. The number of aromatic nitrogens is 1. The number of hydrogen-bond donors (Lipinski definition) is 0. The maximum Gasteiger partial charge on any atom is 0.258 e. The lowest BCUT2D eigenvalue weighted by Crippen LogP contribution is -2.49. The van der Waals surface area contributed by atoms with Gasteiger partial charge < -0.3 is 14.4 Å². The molecule has 1 aliphatic heterocycles. The van der Waals surface area contributed by atoms with E-state index in [1.807, 2.05) is 54.3 Å². The monoisotopic (exact) mass is 454 g/mol. The Morgan fingerprint density at radius 3 is 2.42 bits per heavy atom. The van der Waals surface area contributed by atoms with Crippen LogP contribution in [-0.2, 0) is 16.1 Å². The van der Waals surface area contributed by atoms with Crippen molar-refractivity contribution in [1.29, 1.82) is 0 Å². The number of anilines is 1. The summed E-state index contributed by atoms with van der Waals surface area (Å²) in [5, 5.41) is 0. The first-order chi connectivity index (χ1) is 15.2. The Balaban J connectivity index is 1.27. The van der Waals surface area contributed by atoms with Crippen LogP contribution in [0.5, 0.6) is 0 Å². The number of rotatable bonds is 6. The average Bonchev–Trinajstić information content (AvgIpc) is 3.16. The first-order valence-corrected chi connectivity index (χ1v) is 12.4. The van der Waals surface area contributed by atoms with Gasteiger partial charge in [0, 0.05) is 38.4 Å². The van der Waals surface area contributed by atoms with Crippen molar-refractivity contribution >= 4 is 50.8 Å². The molecule has 1 fully saturated rings. The Bertz CT molecular complexity index is 1120. The molecule has 3 aromatic rings. The number of nitrogens with zero attached hydrogens (tertiary/aromatic N) is 4. The van der Waals surface area contributed by atoms with E-state index in [4.69, 9.17) is 0 Å². The van der Waals surface area contributed by atoms with E-state index in [0.717, 1.165) is 34.7 Å². The van der Waals surface area contributed by atoms with E-state index < -0.39 is 0 Å². The summed E-state index contributed by atoms with van der Waals surface area (Å²) in [6.45, 7) is 5.90. The Kier molecular flexibility index (Phi) is 7.09. The molecule has 162 valence electrons. The molecule has 6 nitrogen and oxygen atoms in total. The van der Waals surface area contributed by atoms with Crippen LogP contribution < -0.4 is 9.70 Å². The van der Waals surface area contributed by atoms with Crippen LogP contribution in [0.1, 0.15) is 6.92 Å². The Labute approximate surface area is 190 Å². The second kappa shape index (κ2) is 10.2. The molecule has 0 atom stereocenters. The summed E-state index contributed by atoms with van der Waals surface area (Å²) in [6.07, 6.45) is 0. The van der Waals surface area contributed by atoms with Gasteiger partial charge in [0.25, 0.3) is 5.91 Å². The molecule has 0 N–H and O–H groups in total. The molecule has 0 spiro atoms. The zero-order valence-electron chi connectivity index (χ0n) is 17.6. The van der Waals surface area contributed by atoms with Crippen molar-refractivity contribution in [3.05, 3.63) is 59.4 Å². The summed E-state index contributed by atoms with van der Waals surface area (Å²) < 4.78 is 3.17. The topological polar surface area (TPSA) is 57.9 Å². The zero-order valence-corrected chi connectivity index (χ0v) is 19.2. The molecule has 0 aliphatic carbocycles. The predicted octanol–water partition coefficient (Wildman–Crippen LogP) is 3.23. The quantitative estimate of drug-likeness (QED) is 0.574. The first-order valence-electron chi connectivity index (χ1n) is 10.5. The van der Waals surface area contributed by atoms with Gasteiger partial charge >= 0.3 is 0 Å². The summed E-state index contributed by atoms with van der Waals surface area (Å²) in [6, 6.07) is 18.3. The van der Waals surface area contributed by atoms with Gasteiger partial charge in [0.1, 0.15) is 0 Å². The van der Waals surface area contributed by atoms with Crippen LogP contribution in [0, 0.1) is 0 Å². The normalized spacial score (nSPS) is 14.9. The summed E-state index contributed by atoms with van der Waals surface area (Å²) in [5.41, 5.74) is 2.29. The molecule has 31 heavy (non-hydrogen) atoms. The lowest BCUT2D eigenvalue weighted by Gasteiger charge is -2.36. The number of fused-ring (bicyclic) bond motifs is 1. The predicted molar refractivity (Wildman–Crippen MR) is 129 cm³/mol. The van der Waals surface area contributed by atoms with E-state index in [1.165, 1.54) is 28.8 Å². The Morgan fingerprint density at radius 1 is 0.968 bits per heavy atom. The lowest BCUT2D eigenvalue weighted by molar-refractivity contribution is -0.128. The van der Waals surface area contributed by atoms with E-state index in [0.29, 0.717) is 18.8 Å². The number of piperazine rings is 1. The lowest BCUT2D eigenvalue weighted by atomic mass is 10.2. The average molecular weight is 455 g/mol. The van der Waals surface area contributed by atoms with Crippen LogP contribution in [0.25, 0.3) is 10.2 Å². The van der Waals surface area contributed by atoms with Gasteiger partial charge in [-0.1, -0.05) is 41.7 Å². The first kappa shape index (κ1) is 21.6. The van der Waals surface area contributed by atoms with E-state index >= 15 is 0 Å². The van der Waals surface area contributed by atoms with E-state index in [2.05, 4.69) is 26.6 Å². The van der Waals surface area contributed by atoms with Gasteiger partial charge in [0.15, 0.2) is 4.80 Å². The SMILES string of the molecule is CCn1c(=NC(=O)CSCC(=O)N2CCN(c3ccccc3)CC2)sc2ccccc21. The Morgan fingerprint density at radius 2 is 1.68 bits per heavy atom. The van der Waals surface area contributed by atoms with Crippen molar-refractivity contribution in [2.75, 3.05) is 42.6 Å². The smallest absolute Gasteiger partial charge is 0.258 e. The van der Waals surface area contributed by atoms with Crippen LogP contribution in [0.4, 0.5) is 5.69 Å². The highest BCUT2D eigenvalue weighted by Gasteiger charge is 2.21. The Hall–Kier alpha value is -2.58. The number of carbonyl (C=O) groups excluding carboxylic acids is 2. The number of carbonyl (C=O) groups is 2. The van der Waals surface area contributed by atoms with Gasteiger partial charge in [-0.2, -0.15) is 4.99 Å². The summed E-state index contributed by atoms with van der Waals surface area (Å²) >= 11 is 2.87. The second-order valence-corrected chi connectivity index (χ2v) is 9.29. The maximum atomic E-state index is 12.5. The van der Waals surface area contributed by atoms with E-state index in [1.54, 1.807) is 0 Å². The molecule has 4 rings (SSSR count). The van der Waals surface area contributed by atoms with Gasteiger partial charge in [0.2, 0.25) is 5.91 Å². The third-order valence-corrected chi connectivity index (χ3v) is 7.29. The second-order valence-electron chi connectivity index (χ2n) is 7.30. The molecule has 8 heteroatoms. The number of thioether (sulfide) groups is 1. The molecular formula is C23H26N4O2S2. The third-order valence-electron chi connectivity index (χ3n) is 5.33. The summed E-state index contributed by atoms with van der Waals surface area (Å²) in [5.74, 6) is 0.428. The van der Waals surface area contributed by atoms with Crippen molar-refractivity contribution in [3.8, 4) is 0 Å². The minimum Gasteiger partial charge on any atom is -0.368 e. The molecule has 2 aromatic carbocycles. The molecule has 0 radical (unpaired) electrons. The zero-order chi connectivity index (χ0) is 21.6. The minimum atomic E-state index is -0.194. The fraction of sp³-hybridized carbons (Fsp3) is 0.348. The molecular weight excluding hydrogens is 428 g/mol. The summed E-state index contributed by atoms with van der Waals surface area (Å²) in [4.78, 5) is 34.2. The fourth-order valence-electron chi connectivity index (χ4n) is 3.72. The molecule has 0 unspecified atom stereocenters. The minimum absolute atomic E-state index is 0.0935. The van der Waals surface area contributed by atoms with Crippen molar-refractivity contribution < 1.29 is 9.59 Å². The van der Waals surface area contributed by atoms with Gasteiger partial charge in [-0.05, 0) is 31.2 Å². The van der Waals surface area contributed by atoms with Crippen molar-refractivity contribution in [2.24, 2.45) is 4.99 Å². The molecule has 1 saturated heterocycles. The van der Waals surface area contributed by atoms with Gasteiger partial charge in [-0.3, -0.25) is 9.59 Å². The van der Waals surface area contributed by atoms with E-state index in [-0.39, 0.29) is 17.6 Å². The van der Waals surface area contributed by atoms with Gasteiger partial charge in [0.05, 0.1) is 21.7 Å². The molecule has 0 saturated carbocycles. The van der Waals surface area contributed by atoms with Crippen LogP contribution in [0.3, 0.4) is 0 Å². The molecule has 1 aromatic heterocycles. The van der Waals surface area contributed by atoms with Crippen LogP contribution >= 0.6 is 23.1 Å². The highest BCUT2D eigenvalue weighted by molar-refractivity contribution is 8.00. The van der Waals surface area contributed by atoms with Crippen LogP contribution in [0.2, 0.25) is 0 Å². The maximum absolute atomic E-state index is 12.5. The molecule has 1 aliphatic rings.